The number of rotatable bonds is 5. The van der Waals surface area contributed by atoms with E-state index in [2.05, 4.69) is 14.9 Å². The van der Waals surface area contributed by atoms with Crippen LogP contribution in [-0.4, -0.2) is 21.9 Å². The van der Waals surface area contributed by atoms with Crippen molar-refractivity contribution in [3.8, 4) is 10.4 Å². The molecule has 4 aromatic rings. The van der Waals surface area contributed by atoms with Crippen molar-refractivity contribution in [3.63, 3.8) is 0 Å². The fourth-order valence-electron chi connectivity index (χ4n) is 3.03. The topological polar surface area (TPSA) is 49.0 Å². The second-order valence-corrected chi connectivity index (χ2v) is 8.13. The number of aromatic amines is 1. The Hall–Kier alpha value is -2.54. The number of hydrogen-bond donors (Lipinski definition) is 1. The fourth-order valence-corrected chi connectivity index (χ4v) is 4.16. The van der Waals surface area contributed by atoms with Crippen LogP contribution < -0.4 is 5.56 Å². The molecule has 0 bridgehead atoms. The van der Waals surface area contributed by atoms with Crippen molar-refractivity contribution >= 4 is 33.2 Å². The van der Waals surface area contributed by atoms with Crippen LogP contribution in [0.15, 0.2) is 59.4 Å². The van der Waals surface area contributed by atoms with Crippen molar-refractivity contribution in [1.82, 2.24) is 14.9 Å². The van der Waals surface area contributed by atoms with Crippen LogP contribution in [-0.2, 0) is 13.1 Å². The normalized spacial score (nSPS) is 11.4. The van der Waals surface area contributed by atoms with Gasteiger partial charge in [-0.15, -0.1) is 11.3 Å². The molecule has 0 aliphatic heterocycles. The van der Waals surface area contributed by atoms with E-state index in [9.17, 15) is 9.18 Å². The van der Waals surface area contributed by atoms with Crippen molar-refractivity contribution in [2.45, 2.75) is 13.1 Å². The first kappa shape index (κ1) is 18.8. The molecule has 0 saturated carbocycles. The highest BCUT2D eigenvalue weighted by Gasteiger charge is 2.12. The van der Waals surface area contributed by atoms with Gasteiger partial charge >= 0.3 is 0 Å². The summed E-state index contributed by atoms with van der Waals surface area (Å²) in [6.45, 7) is 1.22. The zero-order valence-electron chi connectivity index (χ0n) is 15.1. The van der Waals surface area contributed by atoms with Crippen LogP contribution in [0, 0.1) is 5.82 Å². The second-order valence-electron chi connectivity index (χ2n) is 6.64. The number of thiophene rings is 1. The van der Waals surface area contributed by atoms with Crippen molar-refractivity contribution in [3.05, 3.63) is 87.2 Å². The molecule has 28 heavy (non-hydrogen) atoms. The van der Waals surface area contributed by atoms with Crippen molar-refractivity contribution in [1.29, 1.82) is 0 Å². The van der Waals surface area contributed by atoms with E-state index < -0.39 is 0 Å². The third-order valence-electron chi connectivity index (χ3n) is 4.35. The molecule has 0 spiro atoms. The largest absolute Gasteiger partial charge is 0.308 e. The first-order chi connectivity index (χ1) is 13.5. The van der Waals surface area contributed by atoms with Gasteiger partial charge in [0.25, 0.3) is 5.56 Å². The summed E-state index contributed by atoms with van der Waals surface area (Å²) in [6.07, 6.45) is 0. The lowest BCUT2D eigenvalue weighted by Gasteiger charge is -2.16. The van der Waals surface area contributed by atoms with Gasteiger partial charge in [0, 0.05) is 16.4 Å². The molecule has 142 valence electrons. The number of halogens is 2. The highest BCUT2D eigenvalue weighted by Crippen LogP contribution is 2.30. The third kappa shape index (κ3) is 4.14. The monoisotopic (exact) mass is 413 g/mol. The minimum absolute atomic E-state index is 0.154. The van der Waals surface area contributed by atoms with Gasteiger partial charge in [-0.25, -0.2) is 9.37 Å². The molecule has 0 aliphatic carbocycles. The highest BCUT2D eigenvalue weighted by molar-refractivity contribution is 7.22. The highest BCUT2D eigenvalue weighted by atomic mass is 35.5. The number of benzene rings is 2. The minimum Gasteiger partial charge on any atom is -0.308 e. The smallest absolute Gasteiger partial charge is 0.268 e. The summed E-state index contributed by atoms with van der Waals surface area (Å²) in [5.41, 5.74) is 2.50. The first-order valence-electron chi connectivity index (χ1n) is 8.69. The Morgan fingerprint density at radius 3 is 2.54 bits per heavy atom. The van der Waals surface area contributed by atoms with Crippen LogP contribution in [0.25, 0.3) is 20.7 Å². The third-order valence-corrected chi connectivity index (χ3v) is 5.77. The Morgan fingerprint density at radius 1 is 1.11 bits per heavy atom. The Bertz CT molecular complexity index is 1170. The van der Waals surface area contributed by atoms with E-state index in [0.717, 1.165) is 16.0 Å². The number of hydrogen-bond acceptors (Lipinski definition) is 4. The maximum Gasteiger partial charge on any atom is 0.268 e. The molecule has 7 heteroatoms. The van der Waals surface area contributed by atoms with E-state index in [4.69, 9.17) is 11.6 Å². The van der Waals surface area contributed by atoms with E-state index in [1.807, 2.05) is 37.4 Å². The molecule has 4 nitrogen and oxygen atoms in total. The van der Waals surface area contributed by atoms with Gasteiger partial charge in [-0.2, -0.15) is 0 Å². The molecule has 4 rings (SSSR count). The van der Waals surface area contributed by atoms with E-state index in [1.54, 1.807) is 12.1 Å². The van der Waals surface area contributed by atoms with Gasteiger partial charge in [-0.3, -0.25) is 9.69 Å². The lowest BCUT2D eigenvalue weighted by molar-refractivity contribution is 0.311. The summed E-state index contributed by atoms with van der Waals surface area (Å²) >= 11 is 7.28. The van der Waals surface area contributed by atoms with Crippen LogP contribution in [0.3, 0.4) is 0 Å². The molecular weight excluding hydrogens is 397 g/mol. The maximum absolute atomic E-state index is 13.1. The molecule has 0 saturated heterocycles. The van der Waals surface area contributed by atoms with Gasteiger partial charge in [0.2, 0.25) is 0 Å². The van der Waals surface area contributed by atoms with Crippen molar-refractivity contribution in [2.24, 2.45) is 0 Å². The average molecular weight is 414 g/mol. The van der Waals surface area contributed by atoms with Crippen LogP contribution >= 0.6 is 22.9 Å². The average Bonchev–Trinajstić information content (AvgIpc) is 3.09. The molecule has 2 heterocycles. The summed E-state index contributed by atoms with van der Waals surface area (Å²) < 4.78 is 13.7. The standard InChI is InChI=1S/C21H17ClFN3OS/c1-26(11-13-2-6-15(22)7-3-13)12-19-24-17-10-18(28-20(17)21(27)25-19)14-4-8-16(23)9-5-14/h2-10H,11-12H2,1H3,(H,24,25,27). The van der Waals surface area contributed by atoms with E-state index >= 15 is 0 Å². The van der Waals surface area contributed by atoms with Crippen LogP contribution in [0.4, 0.5) is 4.39 Å². The number of fused-ring (bicyclic) bond motifs is 1. The van der Waals surface area contributed by atoms with Crippen LogP contribution in [0.2, 0.25) is 5.02 Å². The molecule has 2 aromatic carbocycles. The minimum atomic E-state index is -0.285. The summed E-state index contributed by atoms with van der Waals surface area (Å²) in [5.74, 6) is 0.323. The maximum atomic E-state index is 13.1. The van der Waals surface area contributed by atoms with Gasteiger partial charge in [0.1, 0.15) is 16.3 Å². The Labute approximate surface area is 170 Å². The SMILES string of the molecule is CN(Cc1ccc(Cl)cc1)Cc1nc2cc(-c3ccc(F)cc3)sc2c(=O)[nH]1. The summed E-state index contributed by atoms with van der Waals surface area (Å²) in [5, 5.41) is 0.706. The zero-order valence-corrected chi connectivity index (χ0v) is 16.6. The molecule has 0 atom stereocenters. The van der Waals surface area contributed by atoms with Crippen LogP contribution in [0.5, 0.6) is 0 Å². The van der Waals surface area contributed by atoms with Gasteiger partial charge in [0.15, 0.2) is 0 Å². The lowest BCUT2D eigenvalue weighted by atomic mass is 10.2. The zero-order chi connectivity index (χ0) is 19.7. The van der Waals surface area contributed by atoms with Crippen molar-refractivity contribution in [2.75, 3.05) is 7.05 Å². The summed E-state index contributed by atoms with van der Waals surface area (Å²) in [4.78, 5) is 22.9. The molecule has 0 aliphatic rings. The molecule has 0 unspecified atom stereocenters. The van der Waals surface area contributed by atoms with Gasteiger partial charge in [0.05, 0.1) is 12.1 Å². The van der Waals surface area contributed by atoms with Crippen LogP contribution in [0.1, 0.15) is 11.4 Å². The number of H-pyrrole nitrogens is 1. The lowest BCUT2D eigenvalue weighted by Crippen LogP contribution is -2.21. The predicted molar refractivity (Wildman–Crippen MR) is 112 cm³/mol. The van der Waals surface area contributed by atoms with E-state index in [1.165, 1.54) is 23.5 Å². The molecule has 0 amide bonds. The van der Waals surface area contributed by atoms with Gasteiger partial charge in [-0.1, -0.05) is 35.9 Å². The van der Waals surface area contributed by atoms with Gasteiger partial charge in [-0.05, 0) is 48.5 Å². The quantitative estimate of drug-likeness (QED) is 0.496. The van der Waals surface area contributed by atoms with Crippen molar-refractivity contribution < 1.29 is 4.39 Å². The molecule has 0 fully saturated rings. The Kier molecular flexibility index (Phi) is 5.26. The van der Waals surface area contributed by atoms with E-state index in [0.29, 0.717) is 34.2 Å². The first-order valence-corrected chi connectivity index (χ1v) is 9.89. The molecule has 2 aromatic heterocycles. The fraction of sp³-hybridized carbons (Fsp3) is 0.143. The van der Waals surface area contributed by atoms with E-state index in [-0.39, 0.29) is 11.4 Å². The molecule has 0 radical (unpaired) electrons. The number of aromatic nitrogens is 2. The van der Waals surface area contributed by atoms with Gasteiger partial charge < -0.3 is 4.98 Å². The number of nitrogens with one attached hydrogen (secondary N) is 1. The Morgan fingerprint density at radius 2 is 1.82 bits per heavy atom. The molecule has 1 N–H and O–H groups in total. The summed E-state index contributed by atoms with van der Waals surface area (Å²) in [7, 11) is 1.97. The second kappa shape index (κ2) is 7.83. The predicted octanol–water partition coefficient (Wildman–Crippen LogP) is 5.08. The Balaban J connectivity index is 1.57. The molecular formula is C21H17ClFN3OS. The number of nitrogens with zero attached hydrogens (tertiary/aromatic N) is 2. The summed E-state index contributed by atoms with van der Waals surface area (Å²) in [6, 6.07) is 15.8.